The Morgan fingerprint density at radius 2 is 1.90 bits per heavy atom. The van der Waals surface area contributed by atoms with Crippen LogP contribution in [-0.4, -0.2) is 31.9 Å². The fourth-order valence-corrected chi connectivity index (χ4v) is 3.70. The van der Waals surface area contributed by atoms with E-state index in [9.17, 15) is 4.79 Å². The molecule has 0 aliphatic heterocycles. The molecule has 0 aliphatic carbocycles. The largest absolute Gasteiger partial charge is 0.412 e. The fraction of sp³-hybridized carbons (Fsp3) is 0.562. The lowest BCUT2D eigenvalue weighted by atomic mass is 10.2. The molecule has 0 N–H and O–H groups in total. The summed E-state index contributed by atoms with van der Waals surface area (Å²) in [5.41, 5.74) is 1.14. The first kappa shape index (κ1) is 18.4. The van der Waals surface area contributed by atoms with Gasteiger partial charge in [0.1, 0.15) is 0 Å². The predicted octanol–water partition coefficient (Wildman–Crippen LogP) is 4.09. The molecule has 0 spiro atoms. The summed E-state index contributed by atoms with van der Waals surface area (Å²) in [4.78, 5) is 11.8. The Morgan fingerprint density at radius 1 is 1.24 bits per heavy atom. The van der Waals surface area contributed by atoms with Crippen LogP contribution < -0.4 is 0 Å². The van der Waals surface area contributed by atoms with E-state index in [1.165, 1.54) is 11.8 Å². The molecule has 21 heavy (non-hydrogen) atoms. The smallest absolute Gasteiger partial charge is 0.191 e. The summed E-state index contributed by atoms with van der Waals surface area (Å²) < 4.78 is 11.8. The molecule has 0 saturated heterocycles. The van der Waals surface area contributed by atoms with E-state index in [1.54, 1.807) is 0 Å². The van der Waals surface area contributed by atoms with Crippen LogP contribution in [0.4, 0.5) is 0 Å². The van der Waals surface area contributed by atoms with Crippen LogP contribution in [0.1, 0.15) is 18.9 Å². The number of ether oxygens (including phenoxy) is 1. The first-order chi connectivity index (χ1) is 9.90. The lowest BCUT2D eigenvalue weighted by Gasteiger charge is -2.25. The van der Waals surface area contributed by atoms with Gasteiger partial charge in [-0.3, -0.25) is 4.79 Å². The molecule has 0 radical (unpaired) electrons. The first-order valence-corrected chi connectivity index (χ1v) is 11.7. The minimum atomic E-state index is -1.68. The maximum absolute atomic E-state index is 11.8. The molecule has 0 saturated carbocycles. The molecule has 3 nitrogen and oxygen atoms in total. The minimum absolute atomic E-state index is 0.132. The van der Waals surface area contributed by atoms with Gasteiger partial charge in [-0.05, 0) is 31.0 Å². The third-order valence-electron chi connectivity index (χ3n) is 2.64. The second-order valence-electron chi connectivity index (χ2n) is 5.86. The van der Waals surface area contributed by atoms with Gasteiger partial charge in [0, 0.05) is 6.42 Å². The van der Waals surface area contributed by atoms with Crippen LogP contribution in [0.25, 0.3) is 0 Å². The first-order valence-electron chi connectivity index (χ1n) is 7.36. The van der Waals surface area contributed by atoms with Crippen LogP contribution in [0.15, 0.2) is 30.3 Å². The molecule has 1 atom stereocenters. The normalized spacial score (nSPS) is 13.1. The van der Waals surface area contributed by atoms with Gasteiger partial charge in [0.15, 0.2) is 13.4 Å². The van der Waals surface area contributed by atoms with Crippen molar-refractivity contribution < 1.29 is 14.0 Å². The number of hydrogen-bond acceptors (Lipinski definition) is 4. The summed E-state index contributed by atoms with van der Waals surface area (Å²) in [7, 11) is -1.68. The van der Waals surface area contributed by atoms with Crippen LogP contribution >= 0.6 is 11.8 Å². The van der Waals surface area contributed by atoms with Crippen molar-refractivity contribution in [2.45, 2.75) is 45.7 Å². The molecule has 0 amide bonds. The Bertz CT molecular complexity index is 417. The highest BCUT2D eigenvalue weighted by Gasteiger charge is 2.23. The van der Waals surface area contributed by atoms with Crippen LogP contribution in [0.5, 0.6) is 0 Å². The van der Waals surface area contributed by atoms with Gasteiger partial charge in [-0.1, -0.05) is 49.0 Å². The van der Waals surface area contributed by atoms with Crippen molar-refractivity contribution in [2.75, 3.05) is 12.4 Å². The summed E-state index contributed by atoms with van der Waals surface area (Å²) in [6.07, 6.45) is 0.296. The zero-order valence-corrected chi connectivity index (χ0v) is 15.2. The summed E-state index contributed by atoms with van der Waals surface area (Å²) in [6.45, 7) is 9.41. The lowest BCUT2D eigenvalue weighted by Crippen LogP contribution is -2.35. The summed E-state index contributed by atoms with van der Waals surface area (Å²) in [6, 6.07) is 10.0. The van der Waals surface area contributed by atoms with Crippen molar-refractivity contribution >= 4 is 25.2 Å². The van der Waals surface area contributed by atoms with Crippen molar-refractivity contribution in [1.82, 2.24) is 0 Å². The molecule has 0 heterocycles. The van der Waals surface area contributed by atoms with Crippen molar-refractivity contribution in [1.29, 1.82) is 0 Å². The molecule has 0 aromatic heterocycles. The maximum Gasteiger partial charge on any atom is 0.191 e. The molecule has 0 bridgehead atoms. The highest BCUT2D eigenvalue weighted by molar-refractivity contribution is 8.13. The molecule has 1 rings (SSSR count). The molecule has 1 aromatic rings. The van der Waals surface area contributed by atoms with Crippen molar-refractivity contribution in [3.8, 4) is 0 Å². The second kappa shape index (κ2) is 9.41. The second-order valence-corrected chi connectivity index (χ2v) is 11.6. The van der Waals surface area contributed by atoms with Crippen LogP contribution in [0, 0.1) is 0 Å². The van der Waals surface area contributed by atoms with Gasteiger partial charge in [0.2, 0.25) is 0 Å². The standard InChI is InChI=1S/C16H26O3SSi/c1-5-20-16(17)11-15(19-21(2,3)4)13-18-12-14-9-7-6-8-10-14/h6-10,15H,5,11-13H2,1-4H3/t15-/m1/s1. The maximum atomic E-state index is 11.8. The molecule has 0 fully saturated rings. The zero-order valence-electron chi connectivity index (χ0n) is 13.4. The van der Waals surface area contributed by atoms with Crippen LogP contribution in [0.2, 0.25) is 19.6 Å². The van der Waals surface area contributed by atoms with Gasteiger partial charge in [-0.25, -0.2) is 0 Å². The molecule has 1 aromatic carbocycles. The number of carbonyl (C=O) groups is 1. The zero-order chi connectivity index (χ0) is 15.7. The van der Waals surface area contributed by atoms with Gasteiger partial charge in [-0.2, -0.15) is 0 Å². The van der Waals surface area contributed by atoms with Gasteiger partial charge in [0.05, 0.1) is 19.3 Å². The highest BCUT2D eigenvalue weighted by atomic mass is 32.2. The Labute approximate surface area is 133 Å². The number of hydrogen-bond donors (Lipinski definition) is 0. The average Bonchev–Trinajstić information content (AvgIpc) is 2.38. The van der Waals surface area contributed by atoms with E-state index in [0.29, 0.717) is 19.6 Å². The number of thioether (sulfide) groups is 1. The summed E-state index contributed by atoms with van der Waals surface area (Å²) >= 11 is 1.36. The Morgan fingerprint density at radius 3 is 2.48 bits per heavy atom. The van der Waals surface area contributed by atoms with E-state index in [4.69, 9.17) is 9.16 Å². The molecular weight excluding hydrogens is 300 g/mol. The Balaban J connectivity index is 2.46. The molecule has 5 heteroatoms. The average molecular weight is 327 g/mol. The Kier molecular flexibility index (Phi) is 8.25. The molecule has 0 unspecified atom stereocenters. The summed E-state index contributed by atoms with van der Waals surface area (Å²) in [5.74, 6) is 0.809. The fourth-order valence-electron chi connectivity index (χ4n) is 1.92. The monoisotopic (exact) mass is 326 g/mol. The topological polar surface area (TPSA) is 35.5 Å². The van der Waals surface area contributed by atoms with Crippen molar-refractivity contribution in [2.24, 2.45) is 0 Å². The third-order valence-corrected chi connectivity index (χ3v) is 4.45. The van der Waals surface area contributed by atoms with Crippen molar-refractivity contribution in [3.05, 3.63) is 35.9 Å². The van der Waals surface area contributed by atoms with Gasteiger partial charge < -0.3 is 9.16 Å². The van der Waals surface area contributed by atoms with Crippen molar-refractivity contribution in [3.63, 3.8) is 0 Å². The quantitative estimate of drug-likeness (QED) is 0.640. The predicted molar refractivity (Wildman–Crippen MR) is 92.1 cm³/mol. The van der Waals surface area contributed by atoms with Gasteiger partial charge in [0.25, 0.3) is 0 Å². The molecule has 118 valence electrons. The van der Waals surface area contributed by atoms with Crippen LogP contribution in [0.3, 0.4) is 0 Å². The van der Waals surface area contributed by atoms with E-state index < -0.39 is 8.32 Å². The van der Waals surface area contributed by atoms with E-state index in [1.807, 2.05) is 37.3 Å². The SMILES string of the molecule is CCSC(=O)C[C@H](COCc1ccccc1)O[Si](C)(C)C. The van der Waals surface area contributed by atoms with E-state index in [0.717, 1.165) is 11.3 Å². The van der Waals surface area contributed by atoms with Gasteiger partial charge in [-0.15, -0.1) is 0 Å². The number of benzene rings is 1. The third kappa shape index (κ3) is 9.09. The lowest BCUT2D eigenvalue weighted by molar-refractivity contribution is -0.113. The number of carbonyl (C=O) groups excluding carboxylic acids is 1. The van der Waals surface area contributed by atoms with E-state index >= 15 is 0 Å². The summed E-state index contributed by atoms with van der Waals surface area (Å²) in [5, 5.41) is 0.184. The Hall–Kier alpha value is -0.623. The van der Waals surface area contributed by atoms with Gasteiger partial charge >= 0.3 is 0 Å². The highest BCUT2D eigenvalue weighted by Crippen LogP contribution is 2.15. The minimum Gasteiger partial charge on any atom is -0.412 e. The number of rotatable bonds is 9. The molecule has 0 aliphatic rings. The molecular formula is C16H26O3SSi. The van der Waals surface area contributed by atoms with Crippen LogP contribution in [-0.2, 0) is 20.6 Å². The van der Waals surface area contributed by atoms with E-state index in [-0.39, 0.29) is 11.2 Å². The van der Waals surface area contributed by atoms with E-state index in [2.05, 4.69) is 19.6 Å².